The van der Waals surface area contributed by atoms with Crippen LogP contribution in [0.4, 0.5) is 5.82 Å². The zero-order chi connectivity index (χ0) is 15.0. The van der Waals surface area contributed by atoms with Crippen molar-refractivity contribution in [2.24, 2.45) is 7.05 Å². The van der Waals surface area contributed by atoms with Crippen LogP contribution in [0.3, 0.4) is 0 Å². The van der Waals surface area contributed by atoms with Gasteiger partial charge in [-0.3, -0.25) is 14.0 Å². The van der Waals surface area contributed by atoms with Gasteiger partial charge in [0.25, 0.3) is 0 Å². The molecule has 108 valence electrons. The Hall–Kier alpha value is -2.83. The van der Waals surface area contributed by atoms with Crippen molar-refractivity contribution in [3.63, 3.8) is 0 Å². The van der Waals surface area contributed by atoms with Crippen LogP contribution in [-0.2, 0) is 11.8 Å². The second-order valence-electron chi connectivity index (χ2n) is 4.75. The summed E-state index contributed by atoms with van der Waals surface area (Å²) in [4.78, 5) is 24.2. The van der Waals surface area contributed by atoms with Crippen molar-refractivity contribution in [3.05, 3.63) is 47.1 Å². The number of aromatic nitrogens is 3. The molecule has 3 aromatic rings. The highest BCUT2D eigenvalue weighted by Gasteiger charge is 2.21. The van der Waals surface area contributed by atoms with Gasteiger partial charge < -0.3 is 9.73 Å². The van der Waals surface area contributed by atoms with Gasteiger partial charge in [-0.05, 0) is 19.1 Å². The van der Waals surface area contributed by atoms with Crippen LogP contribution >= 0.6 is 0 Å². The topological polar surface area (TPSA) is 82.1 Å². The fourth-order valence-corrected chi connectivity index (χ4v) is 2.18. The van der Waals surface area contributed by atoms with Crippen LogP contribution in [0.2, 0.25) is 0 Å². The van der Waals surface area contributed by atoms with Crippen LogP contribution in [0.1, 0.15) is 13.0 Å². The predicted octanol–water partition coefficient (Wildman–Crippen LogP) is 1.53. The standard InChI is InChI=1S/C14H14N4O3/c1-9(13(19)15-12-7-8-17(2)16-12)18-10-5-3-4-6-11(10)21-14(18)20/h3-9H,1-2H3,(H,15,16,19). The molecule has 1 amide bonds. The first-order chi connectivity index (χ1) is 10.1. The second kappa shape index (κ2) is 4.93. The maximum atomic E-state index is 12.3. The number of nitrogens with one attached hydrogen (secondary N) is 1. The lowest BCUT2D eigenvalue weighted by atomic mass is 10.2. The summed E-state index contributed by atoms with van der Waals surface area (Å²) in [6.07, 6.45) is 1.72. The van der Waals surface area contributed by atoms with Crippen molar-refractivity contribution < 1.29 is 9.21 Å². The molecule has 3 rings (SSSR count). The summed E-state index contributed by atoms with van der Waals surface area (Å²) in [6, 6.07) is 7.97. The van der Waals surface area contributed by atoms with E-state index in [1.54, 1.807) is 55.2 Å². The van der Waals surface area contributed by atoms with Crippen LogP contribution in [0.25, 0.3) is 11.1 Å². The average molecular weight is 286 g/mol. The van der Waals surface area contributed by atoms with E-state index in [4.69, 9.17) is 4.42 Å². The third-order valence-electron chi connectivity index (χ3n) is 3.25. The number of benzene rings is 1. The number of fused-ring (bicyclic) bond motifs is 1. The van der Waals surface area contributed by atoms with Crippen LogP contribution in [0.5, 0.6) is 0 Å². The van der Waals surface area contributed by atoms with Crippen LogP contribution < -0.4 is 11.1 Å². The molecule has 2 aromatic heterocycles. The van der Waals surface area contributed by atoms with Gasteiger partial charge in [0.1, 0.15) is 6.04 Å². The molecule has 1 atom stereocenters. The molecule has 2 heterocycles. The highest BCUT2D eigenvalue weighted by Crippen LogP contribution is 2.17. The summed E-state index contributed by atoms with van der Waals surface area (Å²) in [5.41, 5.74) is 1.05. The zero-order valence-electron chi connectivity index (χ0n) is 11.6. The van der Waals surface area contributed by atoms with Gasteiger partial charge in [0.05, 0.1) is 5.52 Å². The Labute approximate surface area is 119 Å². The molecule has 0 aliphatic rings. The predicted molar refractivity (Wildman–Crippen MR) is 77.0 cm³/mol. The van der Waals surface area contributed by atoms with E-state index in [0.717, 1.165) is 0 Å². The summed E-state index contributed by atoms with van der Waals surface area (Å²) < 4.78 is 8.04. The van der Waals surface area contributed by atoms with Crippen molar-refractivity contribution in [1.29, 1.82) is 0 Å². The fraction of sp³-hybridized carbons (Fsp3) is 0.214. The summed E-state index contributed by atoms with van der Waals surface area (Å²) >= 11 is 0. The minimum atomic E-state index is -0.705. The van der Waals surface area contributed by atoms with Gasteiger partial charge in [-0.15, -0.1) is 0 Å². The number of nitrogens with zero attached hydrogens (tertiary/aromatic N) is 3. The van der Waals surface area contributed by atoms with Gasteiger partial charge in [-0.1, -0.05) is 12.1 Å². The molecule has 0 bridgehead atoms. The lowest BCUT2D eigenvalue weighted by Crippen LogP contribution is -2.29. The number of rotatable bonds is 3. The monoisotopic (exact) mass is 286 g/mol. The number of aryl methyl sites for hydroxylation is 1. The molecule has 0 radical (unpaired) electrons. The first-order valence-electron chi connectivity index (χ1n) is 6.47. The molecule has 1 aromatic carbocycles. The van der Waals surface area contributed by atoms with E-state index in [9.17, 15) is 9.59 Å². The summed E-state index contributed by atoms with van der Waals surface area (Å²) in [5, 5.41) is 6.74. The lowest BCUT2D eigenvalue weighted by Gasteiger charge is -2.11. The number of amides is 1. The number of oxazole rings is 1. The minimum absolute atomic E-state index is 0.331. The molecule has 0 fully saturated rings. The Bertz CT molecular complexity index is 858. The molecule has 7 nitrogen and oxygen atoms in total. The zero-order valence-corrected chi connectivity index (χ0v) is 11.6. The van der Waals surface area contributed by atoms with E-state index in [1.165, 1.54) is 4.57 Å². The van der Waals surface area contributed by atoms with E-state index in [0.29, 0.717) is 16.9 Å². The molecule has 1 unspecified atom stereocenters. The summed E-state index contributed by atoms with van der Waals surface area (Å²) in [6.45, 7) is 1.64. The number of carbonyl (C=O) groups excluding carboxylic acids is 1. The van der Waals surface area contributed by atoms with Crippen molar-refractivity contribution in [2.45, 2.75) is 13.0 Å². The maximum Gasteiger partial charge on any atom is 0.420 e. The molecule has 7 heteroatoms. The molecule has 0 saturated carbocycles. The number of hydrogen-bond acceptors (Lipinski definition) is 4. The summed E-state index contributed by atoms with van der Waals surface area (Å²) in [7, 11) is 1.76. The first-order valence-corrected chi connectivity index (χ1v) is 6.47. The van der Waals surface area contributed by atoms with Gasteiger partial charge in [-0.2, -0.15) is 5.10 Å². The van der Waals surface area contributed by atoms with E-state index in [1.807, 2.05) is 0 Å². The molecule has 0 aliphatic heterocycles. The van der Waals surface area contributed by atoms with Crippen LogP contribution in [-0.4, -0.2) is 20.3 Å². The molecular weight excluding hydrogens is 272 g/mol. The van der Waals surface area contributed by atoms with Gasteiger partial charge in [-0.25, -0.2) is 4.79 Å². The molecule has 0 saturated heterocycles. The minimum Gasteiger partial charge on any atom is -0.408 e. The van der Waals surface area contributed by atoms with Gasteiger partial charge in [0, 0.05) is 19.3 Å². The van der Waals surface area contributed by atoms with Crippen molar-refractivity contribution in [2.75, 3.05) is 5.32 Å². The Balaban J connectivity index is 1.93. The molecule has 1 N–H and O–H groups in total. The van der Waals surface area contributed by atoms with Gasteiger partial charge in [0.15, 0.2) is 11.4 Å². The van der Waals surface area contributed by atoms with E-state index in [2.05, 4.69) is 10.4 Å². The average Bonchev–Trinajstić information content (AvgIpc) is 3.00. The SMILES string of the molecule is CC(C(=O)Nc1ccn(C)n1)n1c(=O)oc2ccccc21. The third-order valence-corrected chi connectivity index (χ3v) is 3.25. The largest absolute Gasteiger partial charge is 0.420 e. The fourth-order valence-electron chi connectivity index (χ4n) is 2.18. The summed E-state index contributed by atoms with van der Waals surface area (Å²) in [5.74, 6) is -0.447. The van der Waals surface area contributed by atoms with Crippen LogP contribution in [0.15, 0.2) is 45.7 Å². The number of carbonyl (C=O) groups is 1. The highest BCUT2D eigenvalue weighted by molar-refractivity contribution is 5.93. The smallest absolute Gasteiger partial charge is 0.408 e. The second-order valence-corrected chi connectivity index (χ2v) is 4.75. The molecule has 0 aliphatic carbocycles. The third kappa shape index (κ3) is 2.33. The molecule has 21 heavy (non-hydrogen) atoms. The number of anilines is 1. The highest BCUT2D eigenvalue weighted by atomic mass is 16.4. The Kier molecular flexibility index (Phi) is 3.09. The maximum absolute atomic E-state index is 12.3. The Morgan fingerprint density at radius 1 is 1.33 bits per heavy atom. The number of hydrogen-bond donors (Lipinski definition) is 1. The van der Waals surface area contributed by atoms with E-state index < -0.39 is 11.8 Å². The lowest BCUT2D eigenvalue weighted by molar-refractivity contribution is -0.118. The van der Waals surface area contributed by atoms with Gasteiger partial charge >= 0.3 is 5.76 Å². The van der Waals surface area contributed by atoms with Crippen LogP contribution in [0, 0.1) is 0 Å². The first kappa shape index (κ1) is 13.2. The normalized spacial score (nSPS) is 12.5. The number of para-hydroxylation sites is 2. The van der Waals surface area contributed by atoms with E-state index >= 15 is 0 Å². The Morgan fingerprint density at radius 3 is 2.81 bits per heavy atom. The quantitative estimate of drug-likeness (QED) is 0.791. The van der Waals surface area contributed by atoms with Crippen molar-refractivity contribution in [1.82, 2.24) is 14.3 Å². The molecule has 0 spiro atoms. The van der Waals surface area contributed by atoms with Crippen molar-refractivity contribution >= 4 is 22.8 Å². The van der Waals surface area contributed by atoms with E-state index in [-0.39, 0.29) is 5.91 Å². The molecular formula is C14H14N4O3. The van der Waals surface area contributed by atoms with Gasteiger partial charge in [0.2, 0.25) is 5.91 Å². The van der Waals surface area contributed by atoms with Crippen molar-refractivity contribution in [3.8, 4) is 0 Å². The Morgan fingerprint density at radius 2 is 2.10 bits per heavy atom.